The molecule has 0 radical (unpaired) electrons. The van der Waals surface area contributed by atoms with Crippen molar-refractivity contribution in [3.05, 3.63) is 84.1 Å². The average molecular weight is 443 g/mol. The highest BCUT2D eigenvalue weighted by Crippen LogP contribution is 2.30. The van der Waals surface area contributed by atoms with E-state index in [1.165, 1.54) is 0 Å². The summed E-state index contributed by atoms with van der Waals surface area (Å²) in [6.07, 6.45) is 3.74. The third-order valence-corrected chi connectivity index (χ3v) is 5.47. The molecular weight excluding hydrogens is 424 g/mol. The maximum absolute atomic E-state index is 12.3. The van der Waals surface area contributed by atoms with E-state index in [2.05, 4.69) is 44.1 Å². The Morgan fingerprint density at radius 1 is 0.969 bits per heavy atom. The molecule has 2 amide bonds. The Kier molecular flexibility index (Phi) is 5.09. The predicted molar refractivity (Wildman–Crippen MR) is 128 cm³/mol. The number of anilines is 2. The molecular formula is C24H19ClN6O. The fourth-order valence-corrected chi connectivity index (χ4v) is 3.74. The SMILES string of the molecule is Cn1cc(-c2n[nH]c3cc(-c4ccc(NC(=O)Nc5ccccc5Cl)cc4)ccc23)cn1. The molecule has 8 heteroatoms. The molecule has 0 aliphatic rings. The second-order valence-electron chi connectivity index (χ2n) is 7.37. The molecule has 32 heavy (non-hydrogen) atoms. The van der Waals surface area contributed by atoms with Gasteiger partial charge in [0.2, 0.25) is 0 Å². The lowest BCUT2D eigenvalue weighted by atomic mass is 10.0. The molecule has 0 bridgehead atoms. The fraction of sp³-hybridized carbons (Fsp3) is 0.0417. The number of halogens is 1. The van der Waals surface area contributed by atoms with Crippen LogP contribution in [0.4, 0.5) is 16.2 Å². The summed E-state index contributed by atoms with van der Waals surface area (Å²) in [4.78, 5) is 12.3. The van der Waals surface area contributed by atoms with E-state index in [1.807, 2.05) is 49.6 Å². The lowest BCUT2D eigenvalue weighted by molar-refractivity contribution is 0.262. The molecule has 2 aromatic heterocycles. The van der Waals surface area contributed by atoms with Gasteiger partial charge in [-0.1, -0.05) is 41.9 Å². The standard InChI is InChI=1S/C24H19ClN6O/c1-31-14-17(13-26-31)23-19-11-8-16(12-22(19)29-30-23)15-6-9-18(10-7-15)27-24(32)28-21-5-3-2-4-20(21)25/h2-14H,1H3,(H,29,30)(H2,27,28,32). The van der Waals surface area contributed by atoms with E-state index in [0.717, 1.165) is 33.3 Å². The Balaban J connectivity index is 1.32. The van der Waals surface area contributed by atoms with Crippen LogP contribution in [-0.4, -0.2) is 26.0 Å². The van der Waals surface area contributed by atoms with Gasteiger partial charge >= 0.3 is 6.03 Å². The van der Waals surface area contributed by atoms with Crippen LogP contribution in [0.25, 0.3) is 33.3 Å². The number of rotatable bonds is 4. The fourth-order valence-electron chi connectivity index (χ4n) is 3.56. The van der Waals surface area contributed by atoms with Crippen molar-refractivity contribution < 1.29 is 4.79 Å². The summed E-state index contributed by atoms with van der Waals surface area (Å²) in [6, 6.07) is 20.6. The topological polar surface area (TPSA) is 87.6 Å². The number of carbonyl (C=O) groups is 1. The molecule has 0 aliphatic heterocycles. The number of urea groups is 1. The first-order valence-electron chi connectivity index (χ1n) is 9.97. The van der Waals surface area contributed by atoms with E-state index in [4.69, 9.17) is 11.6 Å². The number of fused-ring (bicyclic) bond motifs is 1. The molecule has 158 valence electrons. The highest BCUT2D eigenvalue weighted by molar-refractivity contribution is 6.33. The normalized spacial score (nSPS) is 10.9. The maximum atomic E-state index is 12.3. The molecule has 5 aromatic rings. The minimum atomic E-state index is -0.354. The number of amides is 2. The number of hydrogen-bond donors (Lipinski definition) is 3. The number of H-pyrrole nitrogens is 1. The number of hydrogen-bond acceptors (Lipinski definition) is 3. The summed E-state index contributed by atoms with van der Waals surface area (Å²) < 4.78 is 1.76. The van der Waals surface area contributed by atoms with Crippen LogP contribution in [0.2, 0.25) is 5.02 Å². The van der Waals surface area contributed by atoms with E-state index < -0.39 is 0 Å². The second kappa shape index (κ2) is 8.20. The minimum absolute atomic E-state index is 0.354. The summed E-state index contributed by atoms with van der Waals surface area (Å²) in [5.41, 5.74) is 6.11. The van der Waals surface area contributed by atoms with Gasteiger partial charge in [-0.2, -0.15) is 10.2 Å². The van der Waals surface area contributed by atoms with Crippen LogP contribution in [0, 0.1) is 0 Å². The van der Waals surface area contributed by atoms with Crippen molar-refractivity contribution in [2.75, 3.05) is 10.6 Å². The molecule has 0 atom stereocenters. The summed E-state index contributed by atoms with van der Waals surface area (Å²) >= 11 is 6.09. The van der Waals surface area contributed by atoms with E-state index >= 15 is 0 Å². The molecule has 3 aromatic carbocycles. The number of nitrogens with one attached hydrogen (secondary N) is 3. The number of nitrogens with zero attached hydrogens (tertiary/aromatic N) is 3. The Hall–Kier alpha value is -4.10. The smallest absolute Gasteiger partial charge is 0.308 e. The third-order valence-electron chi connectivity index (χ3n) is 5.14. The predicted octanol–water partition coefficient (Wildman–Crippen LogP) is 5.93. The number of para-hydroxylation sites is 1. The van der Waals surface area contributed by atoms with Crippen LogP contribution < -0.4 is 10.6 Å². The van der Waals surface area contributed by atoms with E-state index in [1.54, 1.807) is 23.0 Å². The first-order valence-corrected chi connectivity index (χ1v) is 10.3. The van der Waals surface area contributed by atoms with Crippen molar-refractivity contribution in [2.45, 2.75) is 0 Å². The van der Waals surface area contributed by atoms with Crippen LogP contribution in [0.15, 0.2) is 79.1 Å². The van der Waals surface area contributed by atoms with Crippen molar-refractivity contribution in [2.24, 2.45) is 7.05 Å². The van der Waals surface area contributed by atoms with Crippen LogP contribution >= 0.6 is 11.6 Å². The zero-order chi connectivity index (χ0) is 22.1. The zero-order valence-electron chi connectivity index (χ0n) is 17.1. The van der Waals surface area contributed by atoms with Crippen molar-refractivity contribution in [3.63, 3.8) is 0 Å². The first kappa shape index (κ1) is 19.8. The number of aromatic nitrogens is 4. The second-order valence-corrected chi connectivity index (χ2v) is 7.78. The minimum Gasteiger partial charge on any atom is -0.308 e. The number of benzene rings is 3. The Labute approximate surface area is 189 Å². The van der Waals surface area contributed by atoms with Crippen molar-refractivity contribution >= 4 is 39.9 Å². The van der Waals surface area contributed by atoms with Gasteiger partial charge in [-0.05, 0) is 47.5 Å². The number of aryl methyl sites for hydroxylation is 1. The van der Waals surface area contributed by atoms with Crippen molar-refractivity contribution in [1.29, 1.82) is 0 Å². The molecule has 0 unspecified atom stereocenters. The average Bonchev–Trinajstić information content (AvgIpc) is 3.41. The van der Waals surface area contributed by atoms with Gasteiger partial charge in [0.1, 0.15) is 5.69 Å². The van der Waals surface area contributed by atoms with E-state index in [-0.39, 0.29) is 6.03 Å². The Bertz CT molecular complexity index is 1420. The molecule has 0 aliphatic carbocycles. The van der Waals surface area contributed by atoms with Gasteiger partial charge in [-0.15, -0.1) is 0 Å². The number of carbonyl (C=O) groups excluding carboxylic acids is 1. The first-order chi connectivity index (χ1) is 15.6. The molecule has 2 heterocycles. The highest BCUT2D eigenvalue weighted by atomic mass is 35.5. The van der Waals surface area contributed by atoms with Gasteiger partial charge in [0, 0.05) is 29.9 Å². The van der Waals surface area contributed by atoms with Crippen LogP contribution in [0.5, 0.6) is 0 Å². The highest BCUT2D eigenvalue weighted by Gasteiger charge is 2.11. The molecule has 0 saturated heterocycles. The van der Waals surface area contributed by atoms with Gasteiger partial charge < -0.3 is 10.6 Å². The largest absolute Gasteiger partial charge is 0.323 e. The molecule has 0 spiro atoms. The molecule has 0 fully saturated rings. The van der Waals surface area contributed by atoms with Crippen molar-refractivity contribution in [3.8, 4) is 22.4 Å². The van der Waals surface area contributed by atoms with Gasteiger partial charge in [0.05, 0.1) is 22.4 Å². The molecule has 5 rings (SSSR count). The van der Waals surface area contributed by atoms with Gasteiger partial charge in [0.15, 0.2) is 0 Å². The van der Waals surface area contributed by atoms with Crippen LogP contribution in [-0.2, 0) is 7.05 Å². The lowest BCUT2D eigenvalue weighted by Crippen LogP contribution is -2.19. The monoisotopic (exact) mass is 442 g/mol. The zero-order valence-corrected chi connectivity index (χ0v) is 17.9. The van der Waals surface area contributed by atoms with Crippen LogP contribution in [0.1, 0.15) is 0 Å². The van der Waals surface area contributed by atoms with E-state index in [0.29, 0.717) is 16.4 Å². The summed E-state index contributed by atoms with van der Waals surface area (Å²) in [6.45, 7) is 0. The maximum Gasteiger partial charge on any atom is 0.323 e. The molecule has 7 nitrogen and oxygen atoms in total. The van der Waals surface area contributed by atoms with Gasteiger partial charge in [0.25, 0.3) is 0 Å². The summed E-state index contributed by atoms with van der Waals surface area (Å²) in [5, 5.41) is 18.9. The third kappa shape index (κ3) is 3.93. The summed E-state index contributed by atoms with van der Waals surface area (Å²) in [7, 11) is 1.88. The number of aromatic amines is 1. The Morgan fingerprint density at radius 2 is 1.75 bits per heavy atom. The van der Waals surface area contributed by atoms with Gasteiger partial charge in [-0.25, -0.2) is 4.79 Å². The quantitative estimate of drug-likeness (QED) is 0.322. The van der Waals surface area contributed by atoms with Crippen molar-refractivity contribution in [1.82, 2.24) is 20.0 Å². The van der Waals surface area contributed by atoms with Crippen LogP contribution in [0.3, 0.4) is 0 Å². The molecule has 3 N–H and O–H groups in total. The lowest BCUT2D eigenvalue weighted by Gasteiger charge is -2.09. The summed E-state index contributed by atoms with van der Waals surface area (Å²) in [5.74, 6) is 0. The van der Waals surface area contributed by atoms with E-state index in [9.17, 15) is 4.79 Å². The Morgan fingerprint density at radius 3 is 2.50 bits per heavy atom. The van der Waals surface area contributed by atoms with Gasteiger partial charge in [-0.3, -0.25) is 9.78 Å². The molecule has 0 saturated carbocycles.